The number of carbonyl (C=O) groups excluding carboxylic acids is 1. The highest BCUT2D eigenvalue weighted by Gasteiger charge is 2.42. The van der Waals surface area contributed by atoms with E-state index in [1.807, 2.05) is 13.8 Å². The van der Waals surface area contributed by atoms with E-state index in [0.717, 1.165) is 32.3 Å². The molecular weight excluding hydrogens is 388 g/mol. The van der Waals surface area contributed by atoms with Gasteiger partial charge in [0, 0.05) is 12.0 Å². The quantitative estimate of drug-likeness (QED) is 0.234. The molecule has 0 aromatic carbocycles. The molecule has 1 fully saturated rings. The van der Waals surface area contributed by atoms with E-state index >= 15 is 0 Å². The van der Waals surface area contributed by atoms with Crippen LogP contribution < -0.4 is 10.6 Å². The van der Waals surface area contributed by atoms with Crippen LogP contribution in [0.1, 0.15) is 131 Å². The molecule has 1 rings (SSSR count). The van der Waals surface area contributed by atoms with Crippen LogP contribution in [0.2, 0.25) is 0 Å². The highest BCUT2D eigenvalue weighted by molar-refractivity contribution is 5.76. The van der Waals surface area contributed by atoms with E-state index in [-0.39, 0.29) is 23.8 Å². The molecule has 0 aliphatic carbocycles. The van der Waals surface area contributed by atoms with Gasteiger partial charge in [-0.15, -0.1) is 0 Å². The molecule has 1 heterocycles. The predicted molar refractivity (Wildman–Crippen MR) is 130 cm³/mol. The fraction of sp³-hybridized carbons (Fsp3) is 0.962. The summed E-state index contributed by atoms with van der Waals surface area (Å²) in [5, 5.41) is 15.9. The Balaban J connectivity index is 2.09. The van der Waals surface area contributed by atoms with Gasteiger partial charge in [0.25, 0.3) is 0 Å². The van der Waals surface area contributed by atoms with E-state index < -0.39 is 5.54 Å². The third-order valence-corrected chi connectivity index (χ3v) is 6.32. The highest BCUT2D eigenvalue weighted by atomic mass is 16.5. The Morgan fingerprint density at radius 2 is 1.45 bits per heavy atom. The number of nitrogens with one attached hydrogen (secondary N) is 2. The van der Waals surface area contributed by atoms with E-state index in [2.05, 4.69) is 31.4 Å². The number of hydrogen-bond acceptors (Lipinski definition) is 4. The van der Waals surface area contributed by atoms with Crippen molar-refractivity contribution in [2.45, 2.75) is 148 Å². The van der Waals surface area contributed by atoms with Crippen LogP contribution in [-0.4, -0.2) is 41.0 Å². The Bertz CT molecular complexity index is 493. The second-order valence-corrected chi connectivity index (χ2v) is 11.0. The number of aliphatic hydroxyl groups is 1. The lowest BCUT2D eigenvalue weighted by Crippen LogP contribution is -2.48. The molecule has 1 saturated heterocycles. The Morgan fingerprint density at radius 3 is 1.94 bits per heavy atom. The number of unbranched alkanes of at least 4 members (excludes halogenated alkanes) is 10. The van der Waals surface area contributed by atoms with Crippen molar-refractivity contribution in [3.05, 3.63) is 0 Å². The standard InChI is InChI=1S/C26H52N2O3/c1-6-7-8-16-19-26(28-25(4,5)22-31-26)20-17-14-12-10-9-11-13-15-18-23(30)27-24(2,3)21-29/h28-29H,6-22H2,1-5H3,(H,27,30). The van der Waals surface area contributed by atoms with Crippen LogP contribution in [0, 0.1) is 0 Å². The minimum atomic E-state index is -0.514. The molecule has 0 spiro atoms. The molecule has 0 aromatic rings. The van der Waals surface area contributed by atoms with Crippen molar-refractivity contribution in [2.24, 2.45) is 0 Å². The molecule has 3 N–H and O–H groups in total. The Labute approximate surface area is 192 Å². The second-order valence-electron chi connectivity index (χ2n) is 11.0. The lowest BCUT2D eigenvalue weighted by atomic mass is 9.95. The number of carbonyl (C=O) groups is 1. The van der Waals surface area contributed by atoms with Gasteiger partial charge in [-0.2, -0.15) is 0 Å². The summed E-state index contributed by atoms with van der Waals surface area (Å²) in [6.45, 7) is 11.2. The number of hydrogen-bond donors (Lipinski definition) is 3. The van der Waals surface area contributed by atoms with Crippen LogP contribution in [0.5, 0.6) is 0 Å². The minimum Gasteiger partial charge on any atom is -0.394 e. The topological polar surface area (TPSA) is 70.6 Å². The van der Waals surface area contributed by atoms with E-state index in [0.29, 0.717) is 6.42 Å². The van der Waals surface area contributed by atoms with Gasteiger partial charge in [0.2, 0.25) is 5.91 Å². The van der Waals surface area contributed by atoms with Crippen molar-refractivity contribution in [3.63, 3.8) is 0 Å². The van der Waals surface area contributed by atoms with Crippen LogP contribution >= 0.6 is 0 Å². The third kappa shape index (κ3) is 12.8. The molecule has 5 heteroatoms. The second kappa shape index (κ2) is 14.5. The van der Waals surface area contributed by atoms with Crippen LogP contribution in [0.4, 0.5) is 0 Å². The summed E-state index contributed by atoms with van der Waals surface area (Å²) in [6.07, 6.45) is 17.6. The van der Waals surface area contributed by atoms with Gasteiger partial charge < -0.3 is 15.2 Å². The summed E-state index contributed by atoms with van der Waals surface area (Å²) in [5.74, 6) is 0.0496. The van der Waals surface area contributed by atoms with Crippen molar-refractivity contribution >= 4 is 5.91 Å². The maximum atomic E-state index is 11.9. The molecular formula is C26H52N2O3. The van der Waals surface area contributed by atoms with Gasteiger partial charge in [0.1, 0.15) is 5.72 Å². The molecule has 1 amide bonds. The van der Waals surface area contributed by atoms with Gasteiger partial charge in [-0.3, -0.25) is 10.1 Å². The van der Waals surface area contributed by atoms with Crippen molar-refractivity contribution in [1.29, 1.82) is 0 Å². The average molecular weight is 441 g/mol. The SMILES string of the molecule is CCCCCCC1(CCCCCCCCCCC(=O)NC(C)(C)CO)NC(C)(C)CO1. The van der Waals surface area contributed by atoms with Gasteiger partial charge in [-0.25, -0.2) is 0 Å². The van der Waals surface area contributed by atoms with E-state index in [1.54, 1.807) is 0 Å². The average Bonchev–Trinajstić information content (AvgIpc) is 3.01. The molecule has 31 heavy (non-hydrogen) atoms. The summed E-state index contributed by atoms with van der Waals surface area (Å²) in [7, 11) is 0. The normalized spacial score (nSPS) is 20.8. The first-order chi connectivity index (χ1) is 14.6. The number of ether oxygens (including phenoxy) is 1. The summed E-state index contributed by atoms with van der Waals surface area (Å²) in [6, 6.07) is 0. The molecule has 0 bridgehead atoms. The summed E-state index contributed by atoms with van der Waals surface area (Å²) < 4.78 is 6.31. The molecule has 5 nitrogen and oxygen atoms in total. The first-order valence-electron chi connectivity index (χ1n) is 13.0. The van der Waals surface area contributed by atoms with Gasteiger partial charge in [0.15, 0.2) is 0 Å². The third-order valence-electron chi connectivity index (χ3n) is 6.32. The zero-order chi connectivity index (χ0) is 23.2. The largest absolute Gasteiger partial charge is 0.394 e. The van der Waals surface area contributed by atoms with Crippen LogP contribution in [0.15, 0.2) is 0 Å². The molecule has 1 atom stereocenters. The maximum absolute atomic E-state index is 11.9. The molecule has 0 saturated carbocycles. The minimum absolute atomic E-state index is 0.0291. The van der Waals surface area contributed by atoms with Crippen molar-refractivity contribution in [1.82, 2.24) is 10.6 Å². The highest BCUT2D eigenvalue weighted by Crippen LogP contribution is 2.32. The molecule has 1 aliphatic rings. The van der Waals surface area contributed by atoms with Gasteiger partial charge >= 0.3 is 0 Å². The van der Waals surface area contributed by atoms with Crippen molar-refractivity contribution in [3.8, 4) is 0 Å². The molecule has 0 aromatic heterocycles. The number of aliphatic hydroxyl groups excluding tert-OH is 1. The Hall–Kier alpha value is -0.650. The molecule has 184 valence electrons. The zero-order valence-corrected chi connectivity index (χ0v) is 21.3. The van der Waals surface area contributed by atoms with Crippen LogP contribution in [0.3, 0.4) is 0 Å². The lowest BCUT2D eigenvalue weighted by molar-refractivity contribution is -0.123. The summed E-state index contributed by atoms with van der Waals surface area (Å²) in [4.78, 5) is 11.9. The Kier molecular flexibility index (Phi) is 13.3. The fourth-order valence-electron chi connectivity index (χ4n) is 4.48. The zero-order valence-electron chi connectivity index (χ0n) is 21.3. The Morgan fingerprint density at radius 1 is 0.935 bits per heavy atom. The smallest absolute Gasteiger partial charge is 0.220 e. The van der Waals surface area contributed by atoms with E-state index in [1.165, 1.54) is 64.2 Å². The lowest BCUT2D eigenvalue weighted by Gasteiger charge is -2.31. The molecule has 1 unspecified atom stereocenters. The summed E-state index contributed by atoms with van der Waals surface area (Å²) >= 11 is 0. The maximum Gasteiger partial charge on any atom is 0.220 e. The van der Waals surface area contributed by atoms with Crippen LogP contribution in [0.25, 0.3) is 0 Å². The van der Waals surface area contributed by atoms with Gasteiger partial charge in [-0.05, 0) is 59.8 Å². The van der Waals surface area contributed by atoms with Crippen molar-refractivity contribution < 1.29 is 14.6 Å². The first-order valence-corrected chi connectivity index (χ1v) is 13.0. The van der Waals surface area contributed by atoms with E-state index in [4.69, 9.17) is 4.74 Å². The monoisotopic (exact) mass is 440 g/mol. The van der Waals surface area contributed by atoms with E-state index in [9.17, 15) is 9.90 Å². The van der Waals surface area contributed by atoms with Crippen LogP contribution in [-0.2, 0) is 9.53 Å². The first kappa shape index (κ1) is 28.4. The summed E-state index contributed by atoms with van der Waals surface area (Å²) in [5.41, 5.74) is -0.516. The van der Waals surface area contributed by atoms with Gasteiger partial charge in [0.05, 0.1) is 18.8 Å². The molecule has 1 aliphatic heterocycles. The number of amides is 1. The van der Waals surface area contributed by atoms with Crippen molar-refractivity contribution in [2.75, 3.05) is 13.2 Å². The predicted octanol–water partition coefficient (Wildman–Crippen LogP) is 5.84. The fourth-order valence-corrected chi connectivity index (χ4v) is 4.48. The number of rotatable bonds is 18. The van der Waals surface area contributed by atoms with Gasteiger partial charge in [-0.1, -0.05) is 64.7 Å². The molecule has 0 radical (unpaired) electrons.